The van der Waals surface area contributed by atoms with Gasteiger partial charge < -0.3 is 9.47 Å². The number of likely N-dealkylation sites (tertiary alicyclic amines) is 2. The normalized spacial score (nSPS) is 52.7. The van der Waals surface area contributed by atoms with Crippen molar-refractivity contribution in [2.24, 2.45) is 53.3 Å². The van der Waals surface area contributed by atoms with E-state index in [9.17, 15) is 9.59 Å². The molecule has 14 unspecified atom stereocenters. The Hall–Kier alpha value is -0.820. The van der Waals surface area contributed by atoms with Gasteiger partial charge in [0.25, 0.3) is 0 Å². The van der Waals surface area contributed by atoms with Crippen molar-refractivity contribution < 1.29 is 19.1 Å². The Kier molecular flexibility index (Phi) is 10.1. The molecule has 4 saturated heterocycles. The molecule has 7 aliphatic carbocycles. The Morgan fingerprint density at radius 3 is 1.96 bits per heavy atom. The van der Waals surface area contributed by atoms with Crippen molar-refractivity contribution in [3.8, 4) is 0 Å². The number of rotatable bonds is 4. The molecule has 11 aliphatic rings. The van der Waals surface area contributed by atoms with Gasteiger partial charge in [0.05, 0.1) is 24.4 Å². The molecule has 4 aliphatic heterocycles. The number of ketones is 2. The standard InChI is InChI=1S/C48H74N2O4/c51-43-23-24-49(40-10-4-2-9-36(40)43)32-18-15-30(16-19-32)47-28-44(52)39-25-31(17-22-46(39)53-47)29-13-20-33(21-14-29)50-41-11-5-1-7-34(41)37-26-38-35-8-3-6-12-45(35)54-48(38)27-42(37)50/h29-42,45-48H,1-28H2. The van der Waals surface area contributed by atoms with Crippen LogP contribution in [-0.2, 0) is 19.1 Å². The second-order valence-corrected chi connectivity index (χ2v) is 21.6. The number of carbonyl (C=O) groups is 2. The van der Waals surface area contributed by atoms with Crippen LogP contribution in [0, 0.1) is 53.3 Å². The van der Waals surface area contributed by atoms with Crippen LogP contribution in [0.15, 0.2) is 0 Å². The Morgan fingerprint density at radius 1 is 0.426 bits per heavy atom. The molecule has 54 heavy (non-hydrogen) atoms. The lowest BCUT2D eigenvalue weighted by Gasteiger charge is -2.50. The van der Waals surface area contributed by atoms with Crippen LogP contribution in [-0.4, -0.2) is 82.5 Å². The van der Waals surface area contributed by atoms with Crippen LogP contribution < -0.4 is 0 Å². The summed E-state index contributed by atoms with van der Waals surface area (Å²) < 4.78 is 13.9. The number of hydrogen-bond donors (Lipinski definition) is 0. The minimum Gasteiger partial charge on any atom is -0.374 e. The zero-order chi connectivity index (χ0) is 35.9. The number of carbonyl (C=O) groups excluding carboxylic acids is 2. The van der Waals surface area contributed by atoms with Gasteiger partial charge in [-0.1, -0.05) is 38.5 Å². The molecule has 0 bridgehead atoms. The lowest BCUT2D eigenvalue weighted by Crippen LogP contribution is -2.56. The summed E-state index contributed by atoms with van der Waals surface area (Å²) in [6.45, 7) is 0.984. The number of hydrogen-bond acceptors (Lipinski definition) is 6. The number of nitrogens with zero attached hydrogens (tertiary/aromatic N) is 2. The molecule has 0 spiro atoms. The van der Waals surface area contributed by atoms with Crippen molar-refractivity contribution in [3.63, 3.8) is 0 Å². The summed E-state index contributed by atoms with van der Waals surface area (Å²) in [6.07, 6.45) is 36.0. The van der Waals surface area contributed by atoms with Crippen LogP contribution in [0.25, 0.3) is 0 Å². The fourth-order valence-electron chi connectivity index (χ4n) is 17.0. The van der Waals surface area contributed by atoms with Gasteiger partial charge in [-0.3, -0.25) is 19.4 Å². The maximum absolute atomic E-state index is 13.9. The highest BCUT2D eigenvalue weighted by Gasteiger charge is 2.59. The quantitative estimate of drug-likeness (QED) is 0.286. The summed E-state index contributed by atoms with van der Waals surface area (Å²) in [7, 11) is 0. The van der Waals surface area contributed by atoms with Crippen molar-refractivity contribution in [2.75, 3.05) is 6.54 Å². The van der Waals surface area contributed by atoms with E-state index in [2.05, 4.69) is 9.80 Å². The van der Waals surface area contributed by atoms with Gasteiger partial charge in [-0.15, -0.1) is 0 Å². The Morgan fingerprint density at radius 2 is 1.11 bits per heavy atom. The van der Waals surface area contributed by atoms with E-state index >= 15 is 0 Å². The molecular weight excluding hydrogens is 669 g/mol. The highest BCUT2D eigenvalue weighted by molar-refractivity contribution is 5.83. The molecule has 0 aromatic rings. The first-order valence-corrected chi connectivity index (χ1v) is 24.5. The number of piperidine rings is 1. The third-order valence-corrected chi connectivity index (χ3v) is 19.5. The van der Waals surface area contributed by atoms with Gasteiger partial charge in [0.1, 0.15) is 11.6 Å². The highest BCUT2D eigenvalue weighted by Crippen LogP contribution is 2.58. The summed E-state index contributed by atoms with van der Waals surface area (Å²) in [5.41, 5.74) is 0. The van der Waals surface area contributed by atoms with E-state index in [0.29, 0.717) is 54.1 Å². The summed E-state index contributed by atoms with van der Waals surface area (Å²) in [4.78, 5) is 32.6. The number of ether oxygens (including phenoxy) is 2. The van der Waals surface area contributed by atoms with Crippen LogP contribution in [0.4, 0.5) is 0 Å². The number of fused-ring (bicyclic) bond motifs is 8. The minimum absolute atomic E-state index is 0.152. The lowest BCUT2D eigenvalue weighted by molar-refractivity contribution is -0.163. The van der Waals surface area contributed by atoms with Crippen molar-refractivity contribution in [2.45, 2.75) is 228 Å². The molecule has 6 nitrogen and oxygen atoms in total. The second kappa shape index (κ2) is 15.1. The minimum atomic E-state index is 0.152. The molecule has 6 heteroatoms. The van der Waals surface area contributed by atoms with Gasteiger partial charge >= 0.3 is 0 Å². The molecule has 0 radical (unpaired) electrons. The van der Waals surface area contributed by atoms with Crippen molar-refractivity contribution in [1.82, 2.24) is 9.80 Å². The van der Waals surface area contributed by atoms with Crippen molar-refractivity contribution >= 4 is 11.6 Å². The van der Waals surface area contributed by atoms with Crippen LogP contribution in [0.2, 0.25) is 0 Å². The van der Waals surface area contributed by atoms with Crippen LogP contribution >= 0.6 is 0 Å². The van der Waals surface area contributed by atoms with Gasteiger partial charge in [-0.25, -0.2) is 0 Å². The smallest absolute Gasteiger partial charge is 0.141 e. The fraction of sp³-hybridized carbons (Fsp3) is 0.958. The maximum atomic E-state index is 13.9. The SMILES string of the molecule is O=C1CC(C2CCC(N3CCC(=O)C4CCCCC43)CC2)OC2CCC(C3CCC(N4C5CCCCC5C5CC6C(CC54)OC4CCCCC46)CC3)CC12. The first kappa shape index (κ1) is 36.3. The predicted octanol–water partition coefficient (Wildman–Crippen LogP) is 9.31. The van der Waals surface area contributed by atoms with Gasteiger partial charge in [0.2, 0.25) is 0 Å². The monoisotopic (exact) mass is 743 g/mol. The van der Waals surface area contributed by atoms with Gasteiger partial charge in [-0.05, 0) is 163 Å². The fourth-order valence-corrected chi connectivity index (χ4v) is 17.0. The van der Waals surface area contributed by atoms with Crippen molar-refractivity contribution in [3.05, 3.63) is 0 Å². The molecule has 300 valence electrons. The Bertz CT molecular complexity index is 1370. The molecule has 0 aromatic carbocycles. The van der Waals surface area contributed by atoms with E-state index in [1.807, 2.05) is 0 Å². The molecular formula is C48H74N2O4. The zero-order valence-corrected chi connectivity index (χ0v) is 33.7. The molecule has 14 atom stereocenters. The first-order valence-electron chi connectivity index (χ1n) is 24.5. The highest BCUT2D eigenvalue weighted by atomic mass is 16.5. The van der Waals surface area contributed by atoms with Gasteiger partial charge in [-0.2, -0.15) is 0 Å². The largest absolute Gasteiger partial charge is 0.374 e. The molecule has 0 N–H and O–H groups in total. The maximum Gasteiger partial charge on any atom is 0.141 e. The van der Waals surface area contributed by atoms with E-state index in [-0.39, 0.29) is 18.1 Å². The van der Waals surface area contributed by atoms with E-state index < -0.39 is 0 Å². The van der Waals surface area contributed by atoms with E-state index in [1.165, 1.54) is 141 Å². The Labute approximate surface area is 327 Å². The van der Waals surface area contributed by atoms with Gasteiger partial charge in [0.15, 0.2) is 0 Å². The lowest BCUT2D eigenvalue weighted by atomic mass is 9.65. The van der Waals surface area contributed by atoms with Crippen LogP contribution in [0.3, 0.4) is 0 Å². The zero-order valence-electron chi connectivity index (χ0n) is 33.7. The molecule has 0 amide bonds. The molecule has 0 aromatic heterocycles. The molecule has 4 heterocycles. The average molecular weight is 743 g/mol. The summed E-state index contributed by atoms with van der Waals surface area (Å²) in [6, 6.07) is 3.57. The summed E-state index contributed by atoms with van der Waals surface area (Å²) in [5, 5.41) is 0. The second-order valence-electron chi connectivity index (χ2n) is 21.6. The third-order valence-electron chi connectivity index (χ3n) is 19.5. The van der Waals surface area contributed by atoms with E-state index in [4.69, 9.17) is 9.47 Å². The van der Waals surface area contributed by atoms with Crippen LogP contribution in [0.1, 0.15) is 173 Å². The molecule has 11 fully saturated rings. The summed E-state index contributed by atoms with van der Waals surface area (Å²) in [5.74, 6) is 7.29. The Balaban J connectivity index is 0.680. The third kappa shape index (κ3) is 6.38. The number of Topliss-reactive ketones (excluding diaryl/α,β-unsaturated/α-hetero) is 2. The van der Waals surface area contributed by atoms with Gasteiger partial charge in [0, 0.05) is 61.4 Å². The van der Waals surface area contributed by atoms with Crippen LogP contribution in [0.5, 0.6) is 0 Å². The predicted molar refractivity (Wildman–Crippen MR) is 211 cm³/mol. The summed E-state index contributed by atoms with van der Waals surface area (Å²) >= 11 is 0. The van der Waals surface area contributed by atoms with E-state index in [0.717, 1.165) is 85.9 Å². The molecule has 11 rings (SSSR count). The first-order chi connectivity index (χ1) is 26.6. The molecule has 7 saturated carbocycles. The van der Waals surface area contributed by atoms with Crippen molar-refractivity contribution in [1.29, 1.82) is 0 Å². The average Bonchev–Trinajstić information content (AvgIpc) is 3.75. The topological polar surface area (TPSA) is 59.1 Å². The van der Waals surface area contributed by atoms with E-state index in [1.54, 1.807) is 0 Å².